The topological polar surface area (TPSA) is 92.3 Å². The van der Waals surface area contributed by atoms with Crippen LogP contribution in [0.2, 0.25) is 0 Å². The van der Waals surface area contributed by atoms with Crippen LogP contribution in [0.1, 0.15) is 39.2 Å². The minimum atomic E-state index is -4.03. The van der Waals surface area contributed by atoms with Gasteiger partial charge in [0, 0.05) is 42.9 Å². The van der Waals surface area contributed by atoms with Crippen molar-refractivity contribution in [2.45, 2.75) is 44.4 Å². The molecule has 4 bridgehead atoms. The predicted octanol–water partition coefficient (Wildman–Crippen LogP) is 7.59. The molecule has 4 aromatic rings. The fourth-order valence-corrected chi connectivity index (χ4v) is 6.96. The number of rotatable bonds is 4. The Morgan fingerprint density at radius 1 is 0.977 bits per heavy atom. The smallest absolute Gasteiger partial charge is 0.275 e. The van der Waals surface area contributed by atoms with Gasteiger partial charge in [-0.3, -0.25) is 4.72 Å². The fraction of sp³-hybridized carbons (Fsp3) is 0.344. The Bertz CT molecular complexity index is 1680. The van der Waals surface area contributed by atoms with Crippen molar-refractivity contribution < 1.29 is 21.9 Å². The SMILES string of the molecule is CC(C)(C)CCOc1cccc(-c2sc3nc2-c2ccccc2C(F)(F)CCNCCNc2cccc(c2)S(=O)(=O)N3)c1. The number of alkyl halides is 2. The van der Waals surface area contributed by atoms with Crippen LogP contribution in [0.3, 0.4) is 0 Å². The van der Waals surface area contributed by atoms with E-state index in [1.165, 1.54) is 18.2 Å². The van der Waals surface area contributed by atoms with E-state index >= 15 is 8.78 Å². The number of halogens is 2. The highest BCUT2D eigenvalue weighted by atomic mass is 32.2. The third kappa shape index (κ3) is 7.70. The summed E-state index contributed by atoms with van der Waals surface area (Å²) in [6.45, 7) is 7.91. The molecule has 0 amide bonds. The lowest BCUT2D eigenvalue weighted by molar-refractivity contribution is -0.0121. The highest BCUT2D eigenvalue weighted by molar-refractivity contribution is 7.93. The van der Waals surface area contributed by atoms with Crippen LogP contribution in [0, 0.1) is 5.41 Å². The van der Waals surface area contributed by atoms with Crippen molar-refractivity contribution in [2.75, 3.05) is 36.3 Å². The number of sulfonamides is 1. The number of fused-ring (bicyclic) bond motifs is 6. The second-order valence-corrected chi connectivity index (χ2v) is 14.4. The highest BCUT2D eigenvalue weighted by Crippen LogP contribution is 2.45. The molecule has 43 heavy (non-hydrogen) atoms. The maximum atomic E-state index is 15.7. The Morgan fingerprint density at radius 2 is 1.77 bits per heavy atom. The van der Waals surface area contributed by atoms with Gasteiger partial charge in [-0.2, -0.15) is 0 Å². The van der Waals surface area contributed by atoms with Gasteiger partial charge in [-0.15, -0.1) is 0 Å². The Labute approximate surface area is 255 Å². The minimum Gasteiger partial charge on any atom is -0.494 e. The number of ether oxygens (including phenoxy) is 1. The van der Waals surface area contributed by atoms with Crippen molar-refractivity contribution in [1.82, 2.24) is 10.3 Å². The van der Waals surface area contributed by atoms with E-state index in [1.54, 1.807) is 30.3 Å². The quantitative estimate of drug-likeness (QED) is 0.216. The van der Waals surface area contributed by atoms with Gasteiger partial charge in [0.2, 0.25) is 0 Å². The van der Waals surface area contributed by atoms with Gasteiger partial charge in [-0.05, 0) is 47.7 Å². The molecule has 228 valence electrons. The Kier molecular flexibility index (Phi) is 9.05. The molecule has 1 aromatic heterocycles. The first kappa shape index (κ1) is 30.9. The number of hydrogen-bond acceptors (Lipinski definition) is 7. The van der Waals surface area contributed by atoms with E-state index in [9.17, 15) is 8.42 Å². The molecule has 0 radical (unpaired) electrons. The number of thiazole rings is 1. The van der Waals surface area contributed by atoms with Gasteiger partial charge < -0.3 is 15.4 Å². The third-order valence-electron chi connectivity index (χ3n) is 7.03. The van der Waals surface area contributed by atoms with Crippen LogP contribution in [0.25, 0.3) is 21.7 Å². The van der Waals surface area contributed by atoms with Crippen molar-refractivity contribution in [3.05, 3.63) is 78.4 Å². The molecular formula is C32H36F2N4O3S2. The summed E-state index contributed by atoms with van der Waals surface area (Å²) in [5, 5.41) is 6.28. The van der Waals surface area contributed by atoms with Crippen LogP contribution >= 0.6 is 11.3 Å². The zero-order valence-corrected chi connectivity index (χ0v) is 26.0. The lowest BCUT2D eigenvalue weighted by atomic mass is 9.93. The lowest BCUT2D eigenvalue weighted by Gasteiger charge is -2.20. The summed E-state index contributed by atoms with van der Waals surface area (Å²) in [5.41, 5.74) is 1.76. The second-order valence-electron chi connectivity index (χ2n) is 11.7. The normalized spacial score (nSPS) is 16.7. The van der Waals surface area contributed by atoms with Crippen LogP contribution in [0.5, 0.6) is 5.75 Å². The van der Waals surface area contributed by atoms with Gasteiger partial charge in [-0.1, -0.05) is 74.6 Å². The molecular weight excluding hydrogens is 591 g/mol. The molecule has 7 nitrogen and oxygen atoms in total. The first-order chi connectivity index (χ1) is 20.4. The van der Waals surface area contributed by atoms with Gasteiger partial charge >= 0.3 is 0 Å². The second kappa shape index (κ2) is 12.6. The largest absolute Gasteiger partial charge is 0.494 e. The van der Waals surface area contributed by atoms with Crippen molar-refractivity contribution >= 4 is 32.2 Å². The summed E-state index contributed by atoms with van der Waals surface area (Å²) in [6, 6.07) is 20.1. The number of hydrogen-bond donors (Lipinski definition) is 3. The molecule has 3 N–H and O–H groups in total. The van der Waals surface area contributed by atoms with Crippen LogP contribution in [0.15, 0.2) is 77.7 Å². The summed E-state index contributed by atoms with van der Waals surface area (Å²) < 4.78 is 67.0. The molecule has 2 heterocycles. The van der Waals surface area contributed by atoms with Crippen LogP contribution in [-0.2, 0) is 15.9 Å². The number of anilines is 2. The molecule has 0 fully saturated rings. The third-order valence-corrected chi connectivity index (χ3v) is 9.52. The molecule has 0 atom stereocenters. The zero-order chi connectivity index (χ0) is 30.7. The molecule has 0 unspecified atom stereocenters. The van der Waals surface area contributed by atoms with Gasteiger partial charge in [0.1, 0.15) is 5.75 Å². The molecule has 5 rings (SSSR count). The maximum Gasteiger partial charge on any atom is 0.275 e. The zero-order valence-electron chi connectivity index (χ0n) is 24.4. The van der Waals surface area contributed by atoms with Gasteiger partial charge in [0.05, 0.1) is 22.1 Å². The van der Waals surface area contributed by atoms with Crippen molar-refractivity contribution in [2.24, 2.45) is 5.41 Å². The summed E-state index contributed by atoms with van der Waals surface area (Å²) in [6.07, 6.45) is 0.443. The first-order valence-corrected chi connectivity index (χ1v) is 16.5. The van der Waals surface area contributed by atoms with E-state index in [2.05, 4.69) is 41.1 Å². The van der Waals surface area contributed by atoms with Crippen molar-refractivity contribution in [3.8, 4) is 27.4 Å². The maximum absolute atomic E-state index is 15.7. The standard InChI is InChI=1S/C32H36F2N4O3S2/c1-31(2,3)15-19-41-24-10-6-8-22(20-24)29-28-26-12-4-5-13-27(26)32(33,34)14-16-35-17-18-36-23-9-7-11-25(21-23)43(39,40)38-30(37-28)42-29/h4-13,20-21,35-36H,14-19H2,1-3H3,(H,37,38). The van der Waals surface area contributed by atoms with E-state index < -0.39 is 22.4 Å². The average Bonchev–Trinajstić information content (AvgIpc) is 3.37. The van der Waals surface area contributed by atoms with E-state index in [0.717, 1.165) is 17.8 Å². The average molecular weight is 627 g/mol. The first-order valence-electron chi connectivity index (χ1n) is 14.2. The molecule has 0 aliphatic carbocycles. The van der Waals surface area contributed by atoms with E-state index in [-0.39, 0.29) is 38.8 Å². The summed E-state index contributed by atoms with van der Waals surface area (Å²) in [5.74, 6) is -2.53. The molecule has 1 aliphatic rings. The van der Waals surface area contributed by atoms with E-state index in [4.69, 9.17) is 4.74 Å². The van der Waals surface area contributed by atoms with Crippen molar-refractivity contribution in [1.29, 1.82) is 0 Å². The molecule has 1 aliphatic heterocycles. The number of benzene rings is 3. The summed E-state index contributed by atoms with van der Waals surface area (Å²) >= 11 is 1.09. The predicted molar refractivity (Wildman–Crippen MR) is 170 cm³/mol. The van der Waals surface area contributed by atoms with Crippen LogP contribution in [-0.4, -0.2) is 39.6 Å². The summed E-state index contributed by atoms with van der Waals surface area (Å²) in [4.78, 5) is 5.24. The number of aromatic nitrogens is 1. The van der Waals surface area contributed by atoms with Gasteiger partial charge in [-0.25, -0.2) is 22.2 Å². The Morgan fingerprint density at radius 3 is 2.58 bits per heavy atom. The summed E-state index contributed by atoms with van der Waals surface area (Å²) in [7, 11) is -4.03. The Hall–Kier alpha value is -3.54. The lowest BCUT2D eigenvalue weighted by Crippen LogP contribution is -2.27. The van der Waals surface area contributed by atoms with Crippen LogP contribution < -0.4 is 20.1 Å². The minimum absolute atomic E-state index is 0.0641. The number of nitrogens with one attached hydrogen (secondary N) is 3. The molecule has 0 saturated heterocycles. The monoisotopic (exact) mass is 626 g/mol. The molecule has 3 aromatic carbocycles. The van der Waals surface area contributed by atoms with Gasteiger partial charge in [0.25, 0.3) is 15.9 Å². The van der Waals surface area contributed by atoms with Crippen LogP contribution in [0.4, 0.5) is 19.6 Å². The number of nitrogens with zero attached hydrogens (tertiary/aromatic N) is 1. The molecule has 0 spiro atoms. The van der Waals surface area contributed by atoms with Crippen molar-refractivity contribution in [3.63, 3.8) is 0 Å². The van der Waals surface area contributed by atoms with Gasteiger partial charge in [0.15, 0.2) is 5.13 Å². The van der Waals surface area contributed by atoms with E-state index in [1.807, 2.05) is 24.3 Å². The molecule has 0 saturated carbocycles. The molecule has 11 heteroatoms. The fourth-order valence-electron chi connectivity index (χ4n) is 4.70. The Balaban J connectivity index is 1.62. The van der Waals surface area contributed by atoms with E-state index in [0.29, 0.717) is 41.6 Å². The highest BCUT2D eigenvalue weighted by Gasteiger charge is 2.35.